The average molecular weight is 196 g/mol. The van der Waals surface area contributed by atoms with Crippen molar-refractivity contribution >= 4 is 20.0 Å². The molecule has 5 heteroatoms. The first-order chi connectivity index (χ1) is 5.08. The summed E-state index contributed by atoms with van der Waals surface area (Å²) in [5.41, 5.74) is 0.801. The fourth-order valence-corrected chi connectivity index (χ4v) is 1.81. The quantitative estimate of drug-likeness (QED) is 0.586. The molecule has 12 heavy (non-hydrogen) atoms. The SMILES string of the molecule is O=S(O)(=S)Cc1ccccc1.[H-].[Li+]. The van der Waals surface area contributed by atoms with Gasteiger partial charge < -0.3 is 5.98 Å². The Balaban J connectivity index is 0. The van der Waals surface area contributed by atoms with Gasteiger partial charge in [-0.1, -0.05) is 30.3 Å². The second-order valence-corrected chi connectivity index (χ2v) is 5.23. The first kappa shape index (κ1) is 12.1. The fourth-order valence-electron chi connectivity index (χ4n) is 0.785. The van der Waals surface area contributed by atoms with Crippen LogP contribution in [0.2, 0.25) is 0 Å². The van der Waals surface area contributed by atoms with E-state index in [9.17, 15) is 4.21 Å². The zero-order chi connectivity index (χ0) is 8.32. The third-order valence-electron chi connectivity index (χ3n) is 1.19. The maximum absolute atomic E-state index is 10.7. The normalized spacial score (nSPS) is 14.4. The molecule has 0 fully saturated rings. The number of hydrogen-bond acceptors (Lipinski definition) is 2. The maximum Gasteiger partial charge on any atom is 1.00 e. The first-order valence-corrected chi connectivity index (χ1v) is 5.68. The third kappa shape index (κ3) is 4.91. The maximum atomic E-state index is 10.7. The summed E-state index contributed by atoms with van der Waals surface area (Å²) in [5, 5.41) is 0. The molecule has 0 heterocycles. The molecular weight excluding hydrogens is 187 g/mol. The van der Waals surface area contributed by atoms with Gasteiger partial charge in [0.05, 0.1) is 5.75 Å². The predicted octanol–water partition coefficient (Wildman–Crippen LogP) is -1.48. The summed E-state index contributed by atoms with van der Waals surface area (Å²) in [6.07, 6.45) is 0. The standard InChI is InChI=1S/C7H8O2S2.Li.H/c8-11(9,10)6-7-4-2-1-3-5-7;;/h1-5H,6H2,(H,8,9,10);;/q;+1;-1. The van der Waals surface area contributed by atoms with Crippen molar-refractivity contribution < 1.29 is 29.0 Å². The summed E-state index contributed by atoms with van der Waals surface area (Å²) in [7, 11) is -3.04. The molecule has 1 N–H and O–H groups in total. The van der Waals surface area contributed by atoms with Gasteiger partial charge in [-0.25, -0.2) is 4.21 Å². The van der Waals surface area contributed by atoms with Gasteiger partial charge in [0.15, 0.2) is 0 Å². The second-order valence-electron chi connectivity index (χ2n) is 2.21. The molecule has 0 aliphatic heterocycles. The summed E-state index contributed by atoms with van der Waals surface area (Å²) in [6, 6.07) is 9.04. The van der Waals surface area contributed by atoms with Crippen LogP contribution in [0.5, 0.6) is 0 Å². The molecule has 0 radical (unpaired) electrons. The van der Waals surface area contributed by atoms with Crippen molar-refractivity contribution in [3.63, 3.8) is 0 Å². The molecule has 1 rings (SSSR count). The number of rotatable bonds is 2. The summed E-state index contributed by atoms with van der Waals surface area (Å²) in [5.74, 6) is 0.0587. The number of hydrogen-bond donors (Lipinski definition) is 1. The van der Waals surface area contributed by atoms with Crippen LogP contribution in [0.25, 0.3) is 0 Å². The van der Waals surface area contributed by atoms with Crippen molar-refractivity contribution in [3.8, 4) is 0 Å². The van der Waals surface area contributed by atoms with E-state index in [1.165, 1.54) is 0 Å². The van der Waals surface area contributed by atoms with Crippen molar-refractivity contribution in [1.82, 2.24) is 0 Å². The zero-order valence-electron chi connectivity index (χ0n) is 7.77. The second kappa shape index (κ2) is 5.00. The van der Waals surface area contributed by atoms with Crippen molar-refractivity contribution in [2.45, 2.75) is 5.75 Å². The van der Waals surface area contributed by atoms with E-state index in [4.69, 9.17) is 4.55 Å². The molecule has 2 nitrogen and oxygen atoms in total. The molecular formula is C7H9LiO2S2. The Morgan fingerprint density at radius 2 is 1.92 bits per heavy atom. The van der Waals surface area contributed by atoms with Crippen LogP contribution in [0, 0.1) is 0 Å². The molecule has 0 aliphatic rings. The largest absolute Gasteiger partial charge is 1.00 e. The molecule has 0 aliphatic carbocycles. The summed E-state index contributed by atoms with van der Waals surface area (Å²) in [4.78, 5) is 0. The molecule has 0 bridgehead atoms. The third-order valence-corrected chi connectivity index (χ3v) is 2.24. The van der Waals surface area contributed by atoms with E-state index in [0.29, 0.717) is 0 Å². The molecule has 1 aromatic carbocycles. The molecule has 1 aromatic rings. The van der Waals surface area contributed by atoms with Gasteiger partial charge in [0, 0.05) is 11.2 Å². The predicted molar refractivity (Wildman–Crippen MR) is 49.4 cm³/mol. The van der Waals surface area contributed by atoms with Gasteiger partial charge in [0.1, 0.15) is 8.77 Å². The van der Waals surface area contributed by atoms with E-state index in [2.05, 4.69) is 11.2 Å². The smallest absolute Gasteiger partial charge is 1.00 e. The summed E-state index contributed by atoms with van der Waals surface area (Å²) < 4.78 is 19.5. The van der Waals surface area contributed by atoms with E-state index in [1.54, 1.807) is 12.1 Å². The van der Waals surface area contributed by atoms with Gasteiger partial charge in [0.2, 0.25) is 0 Å². The van der Waals surface area contributed by atoms with Crippen LogP contribution in [0.1, 0.15) is 6.99 Å². The Kier molecular flexibility index (Phi) is 5.06. The van der Waals surface area contributed by atoms with Crippen LogP contribution in [-0.2, 0) is 25.7 Å². The van der Waals surface area contributed by atoms with Crippen LogP contribution in [0.4, 0.5) is 0 Å². The van der Waals surface area contributed by atoms with Crippen molar-refractivity contribution in [2.24, 2.45) is 0 Å². The van der Waals surface area contributed by atoms with E-state index >= 15 is 0 Å². The van der Waals surface area contributed by atoms with Crippen LogP contribution in [-0.4, -0.2) is 8.76 Å². The Morgan fingerprint density at radius 1 is 1.42 bits per heavy atom. The molecule has 1 atom stereocenters. The van der Waals surface area contributed by atoms with Crippen molar-refractivity contribution in [1.29, 1.82) is 0 Å². The van der Waals surface area contributed by atoms with Crippen LogP contribution >= 0.6 is 0 Å². The first-order valence-electron chi connectivity index (χ1n) is 3.07. The zero-order valence-corrected chi connectivity index (χ0v) is 8.40. The molecule has 0 saturated carbocycles. The number of benzene rings is 1. The Bertz CT molecular complexity index is 326. The minimum absolute atomic E-state index is 0. The molecule has 0 aromatic heterocycles. The molecule has 0 saturated heterocycles. The molecule has 1 unspecified atom stereocenters. The Morgan fingerprint density at radius 3 is 2.33 bits per heavy atom. The topological polar surface area (TPSA) is 37.3 Å². The Hall–Kier alpha value is 0.147. The fraction of sp³-hybridized carbons (Fsp3) is 0.143. The summed E-state index contributed by atoms with van der Waals surface area (Å²) in [6.45, 7) is 0. The van der Waals surface area contributed by atoms with Gasteiger partial charge >= 0.3 is 18.9 Å². The van der Waals surface area contributed by atoms with Crippen LogP contribution in [0.15, 0.2) is 30.3 Å². The average Bonchev–Trinajstić information content (AvgIpc) is 1.85. The van der Waals surface area contributed by atoms with Gasteiger partial charge in [-0.15, -0.1) is 0 Å². The van der Waals surface area contributed by atoms with E-state index in [-0.39, 0.29) is 26.0 Å². The molecule has 62 valence electrons. The van der Waals surface area contributed by atoms with E-state index < -0.39 is 8.77 Å². The molecule has 0 amide bonds. The molecule has 0 spiro atoms. The van der Waals surface area contributed by atoms with Crippen molar-refractivity contribution in [2.75, 3.05) is 0 Å². The van der Waals surface area contributed by atoms with Crippen LogP contribution < -0.4 is 18.9 Å². The van der Waals surface area contributed by atoms with Crippen LogP contribution in [0.3, 0.4) is 0 Å². The Labute approximate surface area is 90.5 Å². The van der Waals surface area contributed by atoms with E-state index in [1.807, 2.05) is 18.2 Å². The van der Waals surface area contributed by atoms with Gasteiger partial charge in [0.25, 0.3) is 0 Å². The van der Waals surface area contributed by atoms with Gasteiger partial charge in [-0.2, -0.15) is 0 Å². The van der Waals surface area contributed by atoms with E-state index in [0.717, 1.165) is 5.56 Å². The van der Waals surface area contributed by atoms with Gasteiger partial charge in [-0.3, -0.25) is 0 Å². The minimum Gasteiger partial charge on any atom is -1.00 e. The van der Waals surface area contributed by atoms with Gasteiger partial charge in [-0.05, 0) is 5.56 Å². The monoisotopic (exact) mass is 196 g/mol. The summed E-state index contributed by atoms with van der Waals surface area (Å²) >= 11 is 4.35. The minimum atomic E-state index is -3.04. The van der Waals surface area contributed by atoms with Crippen molar-refractivity contribution in [3.05, 3.63) is 35.9 Å².